The zero-order valence-corrected chi connectivity index (χ0v) is 10.1. The van der Waals surface area contributed by atoms with E-state index in [0.717, 1.165) is 24.3 Å². The summed E-state index contributed by atoms with van der Waals surface area (Å²) in [6, 6.07) is 7.34. The number of aliphatic carboxylic acids is 1. The number of ether oxygens (including phenoxy) is 1. The van der Waals surface area contributed by atoms with E-state index in [4.69, 9.17) is 4.74 Å². The fourth-order valence-corrected chi connectivity index (χ4v) is 1.99. The summed E-state index contributed by atoms with van der Waals surface area (Å²) in [4.78, 5) is 11.4. The molecule has 4 nitrogen and oxygen atoms in total. The van der Waals surface area contributed by atoms with Crippen LogP contribution in [0.5, 0.6) is 5.75 Å². The Balaban J connectivity index is 2.20. The quantitative estimate of drug-likeness (QED) is 0.822. The van der Waals surface area contributed by atoms with E-state index >= 15 is 0 Å². The van der Waals surface area contributed by atoms with Gasteiger partial charge in [-0.15, -0.1) is 0 Å². The van der Waals surface area contributed by atoms with Gasteiger partial charge < -0.3 is 15.2 Å². The number of carboxylic acids is 1. The van der Waals surface area contributed by atoms with E-state index in [1.54, 1.807) is 14.0 Å². The second-order valence-electron chi connectivity index (χ2n) is 4.64. The van der Waals surface area contributed by atoms with Crippen molar-refractivity contribution in [2.45, 2.75) is 25.3 Å². The van der Waals surface area contributed by atoms with Crippen molar-refractivity contribution in [2.24, 2.45) is 5.92 Å². The van der Waals surface area contributed by atoms with Gasteiger partial charge in [-0.3, -0.25) is 0 Å². The summed E-state index contributed by atoms with van der Waals surface area (Å²) in [5.74, 6) is 0.132. The van der Waals surface area contributed by atoms with Gasteiger partial charge in [-0.2, -0.15) is 0 Å². The lowest BCUT2D eigenvalue weighted by molar-refractivity contribution is -0.142. The number of nitrogens with one attached hydrogen (secondary N) is 1. The summed E-state index contributed by atoms with van der Waals surface area (Å²) in [5.41, 5.74) is -0.104. The number of rotatable bonds is 5. The van der Waals surface area contributed by atoms with E-state index in [0.29, 0.717) is 0 Å². The molecule has 0 amide bonds. The first-order chi connectivity index (χ1) is 8.06. The van der Waals surface area contributed by atoms with Gasteiger partial charge in [-0.05, 0) is 37.8 Å². The first kappa shape index (κ1) is 11.8. The van der Waals surface area contributed by atoms with Crippen LogP contribution in [0.15, 0.2) is 24.3 Å². The highest BCUT2D eigenvalue weighted by molar-refractivity contribution is 5.83. The van der Waals surface area contributed by atoms with E-state index in [9.17, 15) is 9.90 Å². The molecule has 0 aliphatic heterocycles. The van der Waals surface area contributed by atoms with E-state index in [2.05, 4.69) is 5.32 Å². The summed E-state index contributed by atoms with van der Waals surface area (Å²) >= 11 is 0. The lowest BCUT2D eigenvalue weighted by Crippen LogP contribution is -2.45. The van der Waals surface area contributed by atoms with Crippen LogP contribution in [-0.4, -0.2) is 23.7 Å². The molecule has 1 fully saturated rings. The average Bonchev–Trinajstić information content (AvgIpc) is 3.13. The second kappa shape index (κ2) is 4.28. The van der Waals surface area contributed by atoms with Crippen molar-refractivity contribution < 1.29 is 14.6 Å². The van der Waals surface area contributed by atoms with Crippen molar-refractivity contribution in [3.8, 4) is 5.75 Å². The molecule has 1 saturated carbocycles. The Labute approximate surface area is 101 Å². The average molecular weight is 235 g/mol. The van der Waals surface area contributed by atoms with Gasteiger partial charge in [0.05, 0.1) is 7.11 Å². The minimum absolute atomic E-state index is 0.214. The standard InChI is InChI=1S/C13H17NO3/c1-13(12(15)16,9-6-7-9)14-10-4-3-5-11(8-10)17-2/h3-5,8-9,14H,6-7H2,1-2H3,(H,15,16). The largest absolute Gasteiger partial charge is 0.497 e. The first-order valence-electron chi connectivity index (χ1n) is 5.72. The van der Waals surface area contributed by atoms with Crippen LogP contribution >= 0.6 is 0 Å². The molecule has 1 aromatic carbocycles. The molecule has 0 heterocycles. The molecule has 92 valence electrons. The Kier molecular flexibility index (Phi) is 2.96. The van der Waals surface area contributed by atoms with Gasteiger partial charge >= 0.3 is 5.97 Å². The van der Waals surface area contributed by atoms with Gasteiger partial charge in [0.1, 0.15) is 11.3 Å². The highest BCUT2D eigenvalue weighted by Crippen LogP contribution is 2.41. The number of carboxylic acid groups (broad SMARTS) is 1. The van der Waals surface area contributed by atoms with Crippen LogP contribution in [0.4, 0.5) is 5.69 Å². The molecule has 1 aliphatic rings. The van der Waals surface area contributed by atoms with Crippen molar-refractivity contribution in [1.82, 2.24) is 0 Å². The zero-order chi connectivity index (χ0) is 12.5. The predicted molar refractivity (Wildman–Crippen MR) is 65.4 cm³/mol. The van der Waals surface area contributed by atoms with E-state index in [1.165, 1.54) is 0 Å². The molecule has 1 atom stereocenters. The number of hydrogen-bond donors (Lipinski definition) is 2. The molecule has 2 N–H and O–H groups in total. The van der Waals surface area contributed by atoms with Crippen LogP contribution in [0.2, 0.25) is 0 Å². The number of benzene rings is 1. The smallest absolute Gasteiger partial charge is 0.329 e. The van der Waals surface area contributed by atoms with Crippen LogP contribution < -0.4 is 10.1 Å². The maximum Gasteiger partial charge on any atom is 0.329 e. The van der Waals surface area contributed by atoms with Crippen molar-refractivity contribution in [1.29, 1.82) is 0 Å². The molecule has 4 heteroatoms. The molecule has 0 aromatic heterocycles. The summed E-state index contributed by atoms with van der Waals surface area (Å²) < 4.78 is 5.12. The molecule has 0 spiro atoms. The fraction of sp³-hybridized carbons (Fsp3) is 0.462. The van der Waals surface area contributed by atoms with Gasteiger partial charge in [0.15, 0.2) is 0 Å². The fourth-order valence-electron chi connectivity index (χ4n) is 1.99. The van der Waals surface area contributed by atoms with Gasteiger partial charge in [-0.25, -0.2) is 4.79 Å². The summed E-state index contributed by atoms with van der Waals surface area (Å²) in [5, 5.41) is 12.4. The number of anilines is 1. The van der Waals surface area contributed by atoms with E-state index < -0.39 is 11.5 Å². The minimum atomic E-state index is -0.883. The molecule has 0 bridgehead atoms. The summed E-state index contributed by atoms with van der Waals surface area (Å²) in [6.45, 7) is 1.74. The molecule has 0 radical (unpaired) electrons. The van der Waals surface area contributed by atoms with Crippen LogP contribution in [0.1, 0.15) is 19.8 Å². The van der Waals surface area contributed by atoms with Crippen molar-refractivity contribution >= 4 is 11.7 Å². The highest BCUT2D eigenvalue weighted by atomic mass is 16.5. The second-order valence-corrected chi connectivity index (χ2v) is 4.64. The Morgan fingerprint density at radius 2 is 2.24 bits per heavy atom. The number of hydrogen-bond acceptors (Lipinski definition) is 3. The maximum atomic E-state index is 11.4. The Hall–Kier alpha value is -1.71. The molecular weight excluding hydrogens is 218 g/mol. The summed E-state index contributed by atoms with van der Waals surface area (Å²) in [6.07, 6.45) is 1.94. The molecular formula is C13H17NO3. The van der Waals surface area contributed by atoms with Crippen LogP contribution in [0.3, 0.4) is 0 Å². The van der Waals surface area contributed by atoms with Crippen LogP contribution in [-0.2, 0) is 4.79 Å². The molecule has 1 aromatic rings. The van der Waals surface area contributed by atoms with Crippen LogP contribution in [0.25, 0.3) is 0 Å². The third kappa shape index (κ3) is 2.35. The van der Waals surface area contributed by atoms with Gasteiger partial charge in [0.25, 0.3) is 0 Å². The summed E-state index contributed by atoms with van der Waals surface area (Å²) in [7, 11) is 1.59. The van der Waals surface area contributed by atoms with E-state index in [1.807, 2.05) is 24.3 Å². The molecule has 1 unspecified atom stereocenters. The van der Waals surface area contributed by atoms with Crippen LogP contribution in [0, 0.1) is 5.92 Å². The maximum absolute atomic E-state index is 11.4. The molecule has 0 saturated heterocycles. The highest BCUT2D eigenvalue weighted by Gasteiger charge is 2.47. The normalized spacial score (nSPS) is 18.2. The van der Waals surface area contributed by atoms with Gasteiger partial charge in [0, 0.05) is 11.8 Å². The molecule has 2 rings (SSSR count). The lowest BCUT2D eigenvalue weighted by atomic mass is 9.95. The Morgan fingerprint density at radius 3 is 2.76 bits per heavy atom. The Morgan fingerprint density at radius 1 is 1.53 bits per heavy atom. The van der Waals surface area contributed by atoms with Gasteiger partial charge in [0.2, 0.25) is 0 Å². The monoisotopic (exact) mass is 235 g/mol. The molecule has 1 aliphatic carbocycles. The Bertz CT molecular complexity index is 428. The van der Waals surface area contributed by atoms with Crippen molar-refractivity contribution in [3.63, 3.8) is 0 Å². The number of carbonyl (C=O) groups is 1. The van der Waals surface area contributed by atoms with Crippen molar-refractivity contribution in [3.05, 3.63) is 24.3 Å². The van der Waals surface area contributed by atoms with Gasteiger partial charge in [-0.1, -0.05) is 6.07 Å². The zero-order valence-electron chi connectivity index (χ0n) is 10.1. The minimum Gasteiger partial charge on any atom is -0.497 e. The topological polar surface area (TPSA) is 58.6 Å². The van der Waals surface area contributed by atoms with Crippen molar-refractivity contribution in [2.75, 3.05) is 12.4 Å². The predicted octanol–water partition coefficient (Wildman–Crippen LogP) is 2.36. The number of methoxy groups -OCH3 is 1. The lowest BCUT2D eigenvalue weighted by Gasteiger charge is -2.27. The molecule has 17 heavy (non-hydrogen) atoms. The SMILES string of the molecule is COc1cccc(NC(C)(C(=O)O)C2CC2)c1. The van der Waals surface area contributed by atoms with E-state index in [-0.39, 0.29) is 5.92 Å². The third-order valence-electron chi connectivity index (χ3n) is 3.31. The first-order valence-corrected chi connectivity index (χ1v) is 5.72. The third-order valence-corrected chi connectivity index (χ3v) is 3.31.